The summed E-state index contributed by atoms with van der Waals surface area (Å²) < 4.78 is 0. The van der Waals surface area contributed by atoms with E-state index in [4.69, 9.17) is 34.4 Å². The second-order valence-corrected chi connectivity index (χ2v) is 9.93. The van der Waals surface area contributed by atoms with E-state index in [0.29, 0.717) is 5.56 Å². The fourth-order valence-corrected chi connectivity index (χ4v) is 4.51. The number of phenolic OH excluding ortho intramolecular Hbond substituents is 1. The van der Waals surface area contributed by atoms with E-state index in [-0.39, 0.29) is 23.5 Å². The summed E-state index contributed by atoms with van der Waals surface area (Å²) in [6.07, 6.45) is -0.486. The van der Waals surface area contributed by atoms with Gasteiger partial charge in [-0.2, -0.15) is 0 Å². The molecule has 0 aliphatic heterocycles. The molecule has 6 unspecified atom stereocenters. The van der Waals surface area contributed by atoms with Crippen LogP contribution in [0.3, 0.4) is 0 Å². The van der Waals surface area contributed by atoms with Gasteiger partial charge in [-0.15, -0.1) is 0 Å². The van der Waals surface area contributed by atoms with Gasteiger partial charge < -0.3 is 49.7 Å². The number of aliphatic hydroxyl groups is 1. The van der Waals surface area contributed by atoms with Crippen molar-refractivity contribution in [3.63, 3.8) is 0 Å². The zero-order chi connectivity index (χ0) is 32.4. The standard InChI is InChI=1S/C26H42N8O8/c1-3-13(2)20(30)22(39)26(24(41)42,34(19(37)11-27)23(40)18(29)12-35)16(8-9-33-25(31)32)21(38)17(28)10-14-4-6-15(36)7-5-14/h4-7,13,16-18,20,35-36H,3,8-12,27-30H2,1-2H3,(H,41,42)(H4,31,32,33). The van der Waals surface area contributed by atoms with Gasteiger partial charge in [0.1, 0.15) is 11.8 Å². The average Bonchev–Trinajstić information content (AvgIpc) is 2.96. The third-order valence-corrected chi connectivity index (χ3v) is 7.09. The molecule has 15 N–H and O–H groups in total. The molecular formula is C26H42N8O8. The summed E-state index contributed by atoms with van der Waals surface area (Å²) in [5.74, 6) is -10.5. The van der Waals surface area contributed by atoms with Crippen LogP contribution in [0.2, 0.25) is 0 Å². The monoisotopic (exact) mass is 594 g/mol. The first kappa shape index (κ1) is 36.1. The van der Waals surface area contributed by atoms with E-state index < -0.39 is 96.9 Å². The number of aliphatic imine (C=N–C) groups is 1. The molecule has 0 fully saturated rings. The molecule has 0 aromatic heterocycles. The number of carboxylic acid groups (broad SMARTS) is 1. The molecule has 2 amide bonds. The highest BCUT2D eigenvalue weighted by atomic mass is 16.4. The van der Waals surface area contributed by atoms with Gasteiger partial charge in [0.25, 0.3) is 0 Å². The summed E-state index contributed by atoms with van der Waals surface area (Å²) in [6, 6.07) is 0.681. The third-order valence-electron chi connectivity index (χ3n) is 7.09. The maximum atomic E-state index is 14.2. The topological polar surface area (TPSA) is 318 Å². The highest BCUT2D eigenvalue weighted by Gasteiger charge is 2.64. The number of aliphatic carboxylic acids is 1. The molecule has 42 heavy (non-hydrogen) atoms. The number of carbonyl (C=O) groups excluding carboxylic acids is 4. The van der Waals surface area contributed by atoms with E-state index in [1.54, 1.807) is 13.8 Å². The molecule has 0 heterocycles. The number of guanidine groups is 1. The van der Waals surface area contributed by atoms with Crippen LogP contribution in [-0.4, -0.2) is 98.9 Å². The lowest BCUT2D eigenvalue weighted by atomic mass is 9.69. The van der Waals surface area contributed by atoms with Crippen molar-refractivity contribution in [1.29, 1.82) is 0 Å². The number of aliphatic hydroxyl groups excluding tert-OH is 1. The highest BCUT2D eigenvalue weighted by molar-refractivity contribution is 6.20. The molecule has 1 rings (SSSR count). The van der Waals surface area contributed by atoms with Gasteiger partial charge in [-0.1, -0.05) is 32.4 Å². The van der Waals surface area contributed by atoms with E-state index in [1.807, 2.05) is 0 Å². The van der Waals surface area contributed by atoms with Crippen molar-refractivity contribution >= 4 is 35.3 Å². The predicted octanol–water partition coefficient (Wildman–Crippen LogP) is -3.49. The number of carbonyl (C=O) groups is 5. The maximum Gasteiger partial charge on any atom is 0.338 e. The van der Waals surface area contributed by atoms with E-state index in [2.05, 4.69) is 4.99 Å². The molecule has 0 spiro atoms. The highest BCUT2D eigenvalue weighted by Crippen LogP contribution is 2.35. The van der Waals surface area contributed by atoms with Crippen molar-refractivity contribution in [3.05, 3.63) is 29.8 Å². The lowest BCUT2D eigenvalue weighted by molar-refractivity contribution is -0.178. The van der Waals surface area contributed by atoms with E-state index in [0.717, 1.165) is 0 Å². The predicted molar refractivity (Wildman–Crippen MR) is 152 cm³/mol. The number of benzene rings is 1. The Hall–Kier alpha value is -3.96. The minimum Gasteiger partial charge on any atom is -0.508 e. The van der Waals surface area contributed by atoms with Crippen LogP contribution < -0.4 is 34.4 Å². The first-order chi connectivity index (χ1) is 19.6. The average molecular weight is 595 g/mol. The van der Waals surface area contributed by atoms with Gasteiger partial charge in [0.15, 0.2) is 17.5 Å². The van der Waals surface area contributed by atoms with Gasteiger partial charge in [0.2, 0.25) is 17.4 Å². The van der Waals surface area contributed by atoms with Crippen molar-refractivity contribution in [1.82, 2.24) is 4.90 Å². The second-order valence-electron chi connectivity index (χ2n) is 9.93. The molecule has 234 valence electrons. The van der Waals surface area contributed by atoms with E-state index in [1.165, 1.54) is 24.3 Å². The van der Waals surface area contributed by atoms with E-state index >= 15 is 0 Å². The van der Waals surface area contributed by atoms with Crippen molar-refractivity contribution in [3.8, 4) is 5.75 Å². The minimum absolute atomic E-state index is 0.0200. The fraction of sp³-hybridized carbons (Fsp3) is 0.538. The van der Waals surface area contributed by atoms with Gasteiger partial charge in [-0.3, -0.25) is 29.1 Å². The largest absolute Gasteiger partial charge is 0.508 e. The number of imide groups is 1. The van der Waals surface area contributed by atoms with Crippen LogP contribution in [0.1, 0.15) is 32.3 Å². The molecule has 16 heteroatoms. The summed E-state index contributed by atoms with van der Waals surface area (Å²) in [4.78, 5) is 72.2. The van der Waals surface area contributed by atoms with E-state index in [9.17, 15) is 39.3 Å². The Labute approximate surface area is 243 Å². The van der Waals surface area contributed by atoms with Gasteiger partial charge in [-0.05, 0) is 36.5 Å². The van der Waals surface area contributed by atoms with Crippen LogP contribution in [0.15, 0.2) is 29.3 Å². The van der Waals surface area contributed by atoms with Gasteiger partial charge >= 0.3 is 5.97 Å². The Bertz CT molecular complexity index is 1160. The van der Waals surface area contributed by atoms with Crippen molar-refractivity contribution in [2.24, 2.45) is 51.2 Å². The van der Waals surface area contributed by atoms with Crippen LogP contribution in [0.5, 0.6) is 5.75 Å². The number of rotatable bonds is 17. The molecule has 0 radical (unpaired) electrons. The maximum absolute atomic E-state index is 14.2. The molecule has 16 nitrogen and oxygen atoms in total. The third kappa shape index (κ3) is 8.07. The first-order valence-electron chi connectivity index (χ1n) is 13.2. The number of hydrogen-bond acceptors (Lipinski definition) is 12. The lowest BCUT2D eigenvalue weighted by Crippen LogP contribution is -2.75. The zero-order valence-corrected chi connectivity index (χ0v) is 23.7. The molecule has 0 bridgehead atoms. The number of amides is 2. The van der Waals surface area contributed by atoms with Crippen LogP contribution in [-0.2, 0) is 30.4 Å². The number of Topliss-reactive ketones (excluding diaryl/α,β-unsaturated/α-hetero) is 2. The fourth-order valence-electron chi connectivity index (χ4n) is 4.51. The lowest BCUT2D eigenvalue weighted by Gasteiger charge is -2.45. The molecule has 0 saturated heterocycles. The minimum atomic E-state index is -3.30. The van der Waals surface area contributed by atoms with Crippen LogP contribution >= 0.6 is 0 Å². The Morgan fingerprint density at radius 2 is 1.60 bits per heavy atom. The first-order valence-corrected chi connectivity index (χ1v) is 13.2. The summed E-state index contributed by atoms with van der Waals surface area (Å²) in [5.41, 5.74) is 31.7. The number of nitrogens with two attached hydrogens (primary N) is 6. The number of ketones is 2. The Morgan fingerprint density at radius 3 is 2.05 bits per heavy atom. The summed E-state index contributed by atoms with van der Waals surface area (Å²) in [6.45, 7) is 0.778. The molecule has 6 atom stereocenters. The van der Waals surface area contributed by atoms with Gasteiger partial charge in [0.05, 0.1) is 31.2 Å². The van der Waals surface area contributed by atoms with Crippen LogP contribution in [0, 0.1) is 11.8 Å². The van der Waals surface area contributed by atoms with Crippen molar-refractivity contribution < 1.29 is 39.3 Å². The molecule has 1 aromatic carbocycles. The number of phenols is 1. The van der Waals surface area contributed by atoms with Gasteiger partial charge in [0, 0.05) is 6.54 Å². The number of hydrogen-bond donors (Lipinski definition) is 9. The number of aromatic hydroxyl groups is 1. The summed E-state index contributed by atoms with van der Waals surface area (Å²) in [7, 11) is 0. The Balaban J connectivity index is 4.10. The molecule has 0 saturated carbocycles. The quantitative estimate of drug-likeness (QED) is 0.0480. The smallest absolute Gasteiger partial charge is 0.338 e. The molecule has 0 aliphatic rings. The Kier molecular flexibility index (Phi) is 13.6. The number of nitrogens with zero attached hydrogens (tertiary/aromatic N) is 2. The van der Waals surface area contributed by atoms with Crippen LogP contribution in [0.4, 0.5) is 0 Å². The number of carboxylic acids is 1. The molecule has 1 aromatic rings. The SMILES string of the molecule is CCC(C)C(N)C(=O)C(C(=O)O)(C(CCN=C(N)N)C(=O)C(N)Cc1ccc(O)cc1)N(C(=O)CN)C(=O)C(N)CO. The molecule has 0 aliphatic carbocycles. The summed E-state index contributed by atoms with van der Waals surface area (Å²) in [5, 5.41) is 29.9. The van der Waals surface area contributed by atoms with Crippen molar-refractivity contribution in [2.45, 2.75) is 56.8 Å². The van der Waals surface area contributed by atoms with Crippen molar-refractivity contribution in [2.75, 3.05) is 19.7 Å². The Morgan fingerprint density at radius 1 is 1.02 bits per heavy atom. The molecular weight excluding hydrogens is 552 g/mol. The zero-order valence-electron chi connectivity index (χ0n) is 23.7. The van der Waals surface area contributed by atoms with Crippen LogP contribution in [0.25, 0.3) is 0 Å². The second kappa shape index (κ2) is 15.9. The van der Waals surface area contributed by atoms with Gasteiger partial charge in [-0.25, -0.2) is 4.79 Å². The summed E-state index contributed by atoms with van der Waals surface area (Å²) >= 11 is 0. The normalized spacial score (nSPS) is 16.2.